The summed E-state index contributed by atoms with van der Waals surface area (Å²) < 4.78 is 162. The number of aliphatic hydroxyl groups excluding tert-OH is 1. The molecular weight excluding hydrogens is 1890 g/mol. The minimum absolute atomic E-state index is 0.00846. The predicted octanol–water partition coefficient (Wildman–Crippen LogP) is -0.479. The third-order valence-corrected chi connectivity index (χ3v) is 24.7. The fraction of sp³-hybridized carbons (Fsp3) is 0.667. The molecule has 0 aromatic heterocycles. The Kier molecular flexibility index (Phi) is 37.8. The number of benzene rings is 2. The van der Waals surface area contributed by atoms with Gasteiger partial charge in [0.05, 0.1) is 76.8 Å². The maximum absolute atomic E-state index is 15.5. The first-order valence-electron chi connectivity index (χ1n) is 44.9. The molecule has 2 aromatic rings. The summed E-state index contributed by atoms with van der Waals surface area (Å²) >= 11 is 0. The van der Waals surface area contributed by atoms with Gasteiger partial charge in [0.15, 0.2) is 36.8 Å². The van der Waals surface area contributed by atoms with Crippen molar-refractivity contribution < 1.29 is 215 Å². The average Bonchev–Trinajstić information content (AvgIpc) is 0.729. The maximum atomic E-state index is 15.5. The van der Waals surface area contributed by atoms with E-state index in [1.54, 1.807) is 60.7 Å². The second kappa shape index (κ2) is 47.9. The lowest BCUT2D eigenvalue weighted by Gasteiger charge is -2.54. The van der Waals surface area contributed by atoms with Crippen LogP contribution in [-0.4, -0.2) is 343 Å². The third kappa shape index (κ3) is 28.5. The van der Waals surface area contributed by atoms with Crippen molar-refractivity contribution in [2.24, 2.45) is 0 Å². The van der Waals surface area contributed by atoms with Crippen molar-refractivity contribution in [3.05, 3.63) is 71.8 Å². The van der Waals surface area contributed by atoms with Crippen LogP contribution in [0.3, 0.4) is 0 Å². The van der Waals surface area contributed by atoms with E-state index in [9.17, 15) is 77.0 Å². The number of carbonyl (C=O) groups excluding carboxylic acids is 18. The molecule has 8 saturated heterocycles. The van der Waals surface area contributed by atoms with Crippen LogP contribution < -0.4 is 21.3 Å². The molecule has 774 valence electrons. The van der Waals surface area contributed by atoms with Crippen LogP contribution in [0.1, 0.15) is 134 Å². The number of nitrogens with one attached hydrogen (secondary N) is 4. The molecule has 50 heteroatoms. The Hall–Kier alpha value is -11.4. The third-order valence-electron chi connectivity index (χ3n) is 23.0. The van der Waals surface area contributed by atoms with Gasteiger partial charge in [0.25, 0.3) is 23.1 Å². The van der Waals surface area contributed by atoms with Gasteiger partial charge in [-0.3, -0.25) is 67.1 Å². The highest BCUT2D eigenvalue weighted by molar-refractivity contribution is 6.76. The van der Waals surface area contributed by atoms with Gasteiger partial charge in [-0.1, -0.05) is 80.3 Å². The fourth-order valence-corrected chi connectivity index (χ4v) is 18.4. The molecule has 0 bridgehead atoms. The Morgan fingerprint density at radius 2 is 0.793 bits per heavy atom. The Morgan fingerprint density at radius 3 is 1.15 bits per heavy atom. The lowest BCUT2D eigenvalue weighted by Crippen LogP contribution is -2.75. The van der Waals surface area contributed by atoms with Crippen molar-refractivity contribution in [2.75, 3.05) is 46.8 Å². The lowest BCUT2D eigenvalue weighted by atomic mass is 9.85. The Morgan fingerprint density at radius 1 is 0.429 bits per heavy atom. The molecule has 49 nitrogen and oxygen atoms in total. The first-order chi connectivity index (χ1) is 65.9. The largest absolute Gasteiger partial charge is 0.465 e. The molecule has 8 aliphatic rings. The number of aliphatic hydroxyl groups is 1. The summed E-state index contributed by atoms with van der Waals surface area (Å²) in [6.07, 6.45) is -46.6. The Bertz CT molecular complexity index is 4830. The van der Waals surface area contributed by atoms with Crippen molar-refractivity contribution >= 4 is 115 Å². The molecule has 8 aliphatic heterocycles. The van der Waals surface area contributed by atoms with Gasteiger partial charge in [-0.2, -0.15) is 0 Å². The highest BCUT2D eigenvalue weighted by atomic mass is 28.3. The topological polar surface area (TPSA) is 616 Å². The summed E-state index contributed by atoms with van der Waals surface area (Å²) in [7, 11) is -1.01. The van der Waals surface area contributed by atoms with Gasteiger partial charge in [-0.05, 0) is 17.2 Å². The second-order valence-corrected chi connectivity index (χ2v) is 41.3. The Labute approximate surface area is 803 Å². The number of hydrogen-bond acceptors (Lipinski definition) is 45. The maximum Gasteiger partial charge on any atom is 0.367 e. The zero-order valence-electron chi connectivity index (χ0n) is 80.3. The molecule has 0 radical (unpaired) electrons. The number of methoxy groups -OCH3 is 1. The van der Waals surface area contributed by atoms with Gasteiger partial charge in [-0.25, -0.2) is 19.2 Å². The van der Waals surface area contributed by atoms with Crippen molar-refractivity contribution in [1.82, 2.24) is 21.3 Å². The van der Waals surface area contributed by atoms with E-state index >= 15 is 14.4 Å². The molecule has 3 spiro atoms. The van der Waals surface area contributed by atoms with Gasteiger partial charge < -0.3 is 150 Å². The molecule has 8 fully saturated rings. The van der Waals surface area contributed by atoms with Crippen molar-refractivity contribution in [3.8, 4) is 0 Å². The normalized spacial score (nSPS) is 32.0. The second-order valence-electron chi connectivity index (χ2n) is 35.7. The van der Waals surface area contributed by atoms with E-state index in [0.29, 0.717) is 11.6 Å². The van der Waals surface area contributed by atoms with E-state index in [2.05, 4.69) is 40.9 Å². The number of cyclic esters (lactones) is 3. The van der Waals surface area contributed by atoms with Gasteiger partial charge >= 0.3 is 83.6 Å². The summed E-state index contributed by atoms with van der Waals surface area (Å²) in [6.45, 7) is 14.4. The van der Waals surface area contributed by atoms with Gasteiger partial charge in [0.1, 0.15) is 118 Å². The quantitative estimate of drug-likeness (QED) is 0.0324. The summed E-state index contributed by atoms with van der Waals surface area (Å²) in [4.78, 5) is 251. The summed E-state index contributed by atoms with van der Waals surface area (Å²) in [6, 6.07) is 10.7. The SMILES string of the molecule is COC(=O)[C@@]1(O[C@H]2[C@@H](O)[C@@H](COCc3ccccc3)O[C@@H](OCC[Si](C)(C)C)[C@@H]2OCc2ccccc2)C[C@H](OC(C)=O)[C@@H](NC(C)=O)[C@H]([C@H](OC(C)=O)[C@H]2COC(=O)[C@]3(C[C@H](OC(C)=O)[C@@H](NC(C)=O)[C@H]([C@H](OC(C)=O)[C@H]4COC(=O)[C@]5(C[C@H](OC(C)=O)[C@@H](NC(C)=O)[C@H]([C@H](OC(C)=O)[C@H]6COC(=O)[C@]7(C[C@H](OC(C)=O)[C@@H](NC(C)=O)[C@H]([C@H](OC(C)=O)[C@@H](COC(C)=O)OC(C)=O)O7)O6)O5)O4)O3)O2)O1. The standard InChI is InChI=1S/C90H120N4O45Si/c1-42(95)91-67-59(123-48(7)101)32-88(136-76(67)72(127-52(11)105)63(126-51(10)104)38-117-46(5)99)84(111)119-40-65(132-88)74(129-54(13)107)78-69(93-44(3)97)61(125-50(9)103)34-90(138-78)86(113)121-41-66(134-90)75(130-55(14)108)79-70(94-45(4)98)60(124-49(8)102)33-89(137-79)85(112)120-39-64(133-89)73(128-53(12)106)77-68(92-43(2)96)58(122-47(6)100)31-87(135-77,83(110)114-15)139-80-71(109)62(37-115-35-56-25-21-19-22-26-56)131-82(116-29-30-140(16,17)18)81(80)118-36-57-27-23-20-24-28-57/h19-28,58-82,109H,29-41H2,1-18H3,(H,91,95)(H,92,96)(H,93,97)(H,94,98)/t58-,59-,60-,61-,62+,63+,64+,65+,66+,67+,68+,69+,70+,71-,72+,73+,74+,75+,76+,77+,78+,79+,80-,81+,82+,87-,88+,89+,90+/m0/s1. The van der Waals surface area contributed by atoms with Gasteiger partial charge in [0.2, 0.25) is 23.6 Å². The molecular formula is C90H120N4O45Si. The highest BCUT2D eigenvalue weighted by Crippen LogP contribution is 2.49. The number of hydrogen-bond donors (Lipinski definition) is 5. The molecule has 4 amide bonds. The van der Waals surface area contributed by atoms with Crippen molar-refractivity contribution in [3.63, 3.8) is 0 Å². The van der Waals surface area contributed by atoms with Crippen LogP contribution in [0, 0.1) is 0 Å². The van der Waals surface area contributed by atoms with Crippen LogP contribution in [0.4, 0.5) is 0 Å². The van der Waals surface area contributed by atoms with E-state index in [1.165, 1.54) is 0 Å². The van der Waals surface area contributed by atoms with Crippen LogP contribution >= 0.6 is 0 Å². The molecule has 0 saturated carbocycles. The number of amides is 4. The molecule has 10 rings (SSSR count). The first kappa shape index (κ1) is 111. The van der Waals surface area contributed by atoms with Crippen LogP contribution in [0.25, 0.3) is 0 Å². The number of ether oxygens (including phenoxy) is 26. The minimum atomic E-state index is -3.22. The smallest absolute Gasteiger partial charge is 0.367 e. The first-order valence-corrected chi connectivity index (χ1v) is 48.6. The van der Waals surface area contributed by atoms with E-state index < -0.39 is 343 Å². The average molecular weight is 2010 g/mol. The molecule has 0 aliphatic carbocycles. The molecule has 2 aromatic carbocycles. The minimum Gasteiger partial charge on any atom is -0.465 e. The zero-order valence-corrected chi connectivity index (χ0v) is 81.3. The van der Waals surface area contributed by atoms with E-state index in [0.717, 1.165) is 110 Å². The number of esters is 14. The molecule has 8 heterocycles. The van der Waals surface area contributed by atoms with Crippen LogP contribution in [-0.2, 0) is 223 Å². The van der Waals surface area contributed by atoms with Gasteiger partial charge in [0, 0.05) is 112 Å². The number of carbonyl (C=O) groups is 18. The van der Waals surface area contributed by atoms with Crippen molar-refractivity contribution in [2.45, 2.75) is 337 Å². The van der Waals surface area contributed by atoms with E-state index in [4.69, 9.17) is 123 Å². The molecule has 0 unspecified atom stereocenters. The highest BCUT2D eigenvalue weighted by Gasteiger charge is 2.70. The monoisotopic (exact) mass is 2000 g/mol. The predicted molar refractivity (Wildman–Crippen MR) is 460 cm³/mol. The molecule has 5 N–H and O–H groups in total. The van der Waals surface area contributed by atoms with E-state index in [1.807, 2.05) is 0 Å². The fourth-order valence-electron chi connectivity index (χ4n) is 17.7. The lowest BCUT2D eigenvalue weighted by molar-refractivity contribution is -0.386. The molecule has 140 heavy (non-hydrogen) atoms. The summed E-state index contributed by atoms with van der Waals surface area (Å²) in [5.41, 5.74) is 1.31. The van der Waals surface area contributed by atoms with Gasteiger partial charge in [-0.15, -0.1) is 0 Å². The molecule has 29 atom stereocenters. The van der Waals surface area contributed by atoms with Crippen LogP contribution in [0.15, 0.2) is 60.7 Å². The number of rotatable bonds is 37. The summed E-state index contributed by atoms with van der Waals surface area (Å²) in [5.74, 6) is -33.9. The van der Waals surface area contributed by atoms with Crippen LogP contribution in [0.5, 0.6) is 0 Å². The van der Waals surface area contributed by atoms with E-state index in [-0.39, 0.29) is 26.4 Å². The van der Waals surface area contributed by atoms with Crippen LogP contribution in [0.2, 0.25) is 25.7 Å². The summed E-state index contributed by atoms with van der Waals surface area (Å²) in [5, 5.41) is 23.2. The zero-order chi connectivity index (χ0) is 103. The van der Waals surface area contributed by atoms with Crippen molar-refractivity contribution in [1.29, 1.82) is 0 Å². The Balaban J connectivity index is 1.08.